The normalized spacial score (nSPS) is 19.3. The summed E-state index contributed by atoms with van der Waals surface area (Å²) >= 11 is 0. The van der Waals surface area contributed by atoms with Crippen LogP contribution < -0.4 is 5.32 Å². The maximum absolute atomic E-state index is 12.5. The first-order valence-electron chi connectivity index (χ1n) is 12.0. The van der Waals surface area contributed by atoms with Gasteiger partial charge in [-0.3, -0.25) is 14.6 Å². The number of carbonyl (C=O) groups is 1. The summed E-state index contributed by atoms with van der Waals surface area (Å²) in [7, 11) is 0. The van der Waals surface area contributed by atoms with Crippen molar-refractivity contribution in [1.29, 1.82) is 0 Å². The number of oxazole rings is 1. The topological polar surface area (TPSA) is 80.1 Å². The molecule has 3 heterocycles. The summed E-state index contributed by atoms with van der Waals surface area (Å²) in [4.78, 5) is 21.7. The van der Waals surface area contributed by atoms with Crippen LogP contribution in [0.4, 0.5) is 0 Å². The number of nitrogens with zero attached hydrogens (tertiary/aromatic N) is 3. The van der Waals surface area contributed by atoms with Crippen molar-refractivity contribution in [3.63, 3.8) is 0 Å². The largest absolute Gasteiger partial charge is 0.447 e. The van der Waals surface area contributed by atoms with E-state index in [1.54, 1.807) is 0 Å². The van der Waals surface area contributed by atoms with Crippen LogP contribution in [-0.4, -0.2) is 79.3 Å². The SMILES string of the molecule is Cc1ccc(CN(CCN2CCOCC2)Cc2nc(C(=O)NCC3CCCO3)co2)c(C)c1. The molecular formula is C25H36N4O4. The summed E-state index contributed by atoms with van der Waals surface area (Å²) in [5.74, 6) is 0.346. The number of amides is 1. The lowest BCUT2D eigenvalue weighted by Gasteiger charge is -2.30. The molecule has 1 amide bonds. The first-order valence-corrected chi connectivity index (χ1v) is 12.0. The highest BCUT2D eigenvalue weighted by molar-refractivity contribution is 5.91. The van der Waals surface area contributed by atoms with E-state index in [-0.39, 0.29) is 12.0 Å². The second kappa shape index (κ2) is 11.7. The molecule has 2 saturated heterocycles. The Kier molecular flexibility index (Phi) is 8.50. The summed E-state index contributed by atoms with van der Waals surface area (Å²) in [5.41, 5.74) is 4.17. The molecule has 4 rings (SSSR count). The van der Waals surface area contributed by atoms with Gasteiger partial charge in [0.15, 0.2) is 5.69 Å². The van der Waals surface area contributed by atoms with Crippen LogP contribution in [0.25, 0.3) is 0 Å². The fourth-order valence-corrected chi connectivity index (χ4v) is 4.37. The predicted octanol–water partition coefficient (Wildman–Crippen LogP) is 2.53. The van der Waals surface area contributed by atoms with Crippen LogP contribution in [0, 0.1) is 13.8 Å². The Balaban J connectivity index is 1.37. The maximum atomic E-state index is 12.5. The Hall–Kier alpha value is -2.26. The molecule has 33 heavy (non-hydrogen) atoms. The first-order chi connectivity index (χ1) is 16.1. The van der Waals surface area contributed by atoms with E-state index in [0.717, 1.165) is 65.4 Å². The van der Waals surface area contributed by atoms with Crippen molar-refractivity contribution in [2.24, 2.45) is 0 Å². The van der Waals surface area contributed by atoms with Gasteiger partial charge >= 0.3 is 0 Å². The Bertz CT molecular complexity index is 904. The van der Waals surface area contributed by atoms with E-state index < -0.39 is 0 Å². The van der Waals surface area contributed by atoms with Crippen molar-refractivity contribution in [2.75, 3.05) is 52.5 Å². The van der Waals surface area contributed by atoms with Gasteiger partial charge in [-0.15, -0.1) is 0 Å². The zero-order valence-electron chi connectivity index (χ0n) is 19.8. The number of morpholine rings is 1. The number of carbonyl (C=O) groups excluding carboxylic acids is 1. The molecule has 1 unspecified atom stereocenters. The van der Waals surface area contributed by atoms with Crippen LogP contribution in [0.3, 0.4) is 0 Å². The van der Waals surface area contributed by atoms with Gasteiger partial charge in [-0.1, -0.05) is 23.8 Å². The molecule has 2 aliphatic rings. The molecule has 0 spiro atoms. The van der Waals surface area contributed by atoms with Gasteiger partial charge in [0.05, 0.1) is 25.9 Å². The molecule has 2 fully saturated rings. The third-order valence-electron chi connectivity index (χ3n) is 6.39. The second-order valence-electron chi connectivity index (χ2n) is 9.07. The number of aromatic nitrogens is 1. The lowest BCUT2D eigenvalue weighted by molar-refractivity contribution is 0.0320. The summed E-state index contributed by atoms with van der Waals surface area (Å²) in [6.45, 7) is 12.3. The number of ether oxygens (including phenoxy) is 2. The first kappa shape index (κ1) is 23.9. The molecule has 2 aliphatic heterocycles. The number of rotatable bonds is 10. The molecule has 0 bridgehead atoms. The zero-order chi connectivity index (χ0) is 23.0. The highest BCUT2D eigenvalue weighted by Crippen LogP contribution is 2.16. The minimum Gasteiger partial charge on any atom is -0.447 e. The van der Waals surface area contributed by atoms with Crippen molar-refractivity contribution in [2.45, 2.75) is 45.9 Å². The molecule has 0 saturated carbocycles. The van der Waals surface area contributed by atoms with Crippen LogP contribution in [0.2, 0.25) is 0 Å². The van der Waals surface area contributed by atoms with Gasteiger partial charge in [0, 0.05) is 45.9 Å². The zero-order valence-corrected chi connectivity index (χ0v) is 19.8. The Morgan fingerprint density at radius 3 is 2.82 bits per heavy atom. The smallest absolute Gasteiger partial charge is 0.273 e. The number of nitrogens with one attached hydrogen (secondary N) is 1. The van der Waals surface area contributed by atoms with Gasteiger partial charge in [-0.2, -0.15) is 0 Å². The molecular weight excluding hydrogens is 420 g/mol. The lowest BCUT2D eigenvalue weighted by atomic mass is 10.1. The fraction of sp³-hybridized carbons (Fsp3) is 0.600. The van der Waals surface area contributed by atoms with Crippen molar-refractivity contribution >= 4 is 5.91 Å². The van der Waals surface area contributed by atoms with Crippen LogP contribution in [0.5, 0.6) is 0 Å². The summed E-state index contributed by atoms with van der Waals surface area (Å²) in [5, 5.41) is 2.91. The molecule has 1 aromatic carbocycles. The summed E-state index contributed by atoms with van der Waals surface area (Å²) in [6, 6.07) is 6.58. The van der Waals surface area contributed by atoms with Gasteiger partial charge in [-0.05, 0) is 37.8 Å². The number of aryl methyl sites for hydroxylation is 2. The van der Waals surface area contributed by atoms with E-state index in [9.17, 15) is 4.79 Å². The molecule has 1 N–H and O–H groups in total. The summed E-state index contributed by atoms with van der Waals surface area (Å²) in [6.07, 6.45) is 3.60. The van der Waals surface area contributed by atoms with Crippen LogP contribution in [0.15, 0.2) is 28.9 Å². The number of benzene rings is 1. The minimum atomic E-state index is -0.213. The molecule has 8 nitrogen and oxygen atoms in total. The van der Waals surface area contributed by atoms with E-state index in [2.05, 4.69) is 52.1 Å². The average Bonchev–Trinajstić information content (AvgIpc) is 3.51. The standard InChI is InChI=1S/C25H36N4O4/c1-19-5-6-21(20(2)14-19)16-29(8-7-28-9-12-31-13-10-28)17-24-27-23(18-33-24)25(30)26-15-22-4-3-11-32-22/h5-6,14,18,22H,3-4,7-13,15-17H2,1-2H3,(H,26,30). The van der Waals surface area contributed by atoms with Crippen molar-refractivity contribution in [1.82, 2.24) is 20.1 Å². The van der Waals surface area contributed by atoms with Gasteiger partial charge in [0.1, 0.15) is 6.26 Å². The molecule has 180 valence electrons. The van der Waals surface area contributed by atoms with E-state index in [0.29, 0.717) is 24.7 Å². The lowest BCUT2D eigenvalue weighted by Crippen LogP contribution is -2.41. The Morgan fingerprint density at radius 1 is 1.21 bits per heavy atom. The van der Waals surface area contributed by atoms with Gasteiger partial charge in [0.2, 0.25) is 5.89 Å². The minimum absolute atomic E-state index is 0.105. The van der Waals surface area contributed by atoms with Gasteiger partial charge in [0.25, 0.3) is 5.91 Å². The Morgan fingerprint density at radius 2 is 2.06 bits per heavy atom. The van der Waals surface area contributed by atoms with Gasteiger partial charge in [-0.25, -0.2) is 4.98 Å². The molecule has 1 aromatic heterocycles. The molecule has 1 atom stereocenters. The third-order valence-corrected chi connectivity index (χ3v) is 6.39. The van der Waals surface area contributed by atoms with Crippen LogP contribution >= 0.6 is 0 Å². The van der Waals surface area contributed by atoms with Crippen molar-refractivity contribution in [3.05, 3.63) is 52.7 Å². The highest BCUT2D eigenvalue weighted by atomic mass is 16.5. The maximum Gasteiger partial charge on any atom is 0.273 e. The summed E-state index contributed by atoms with van der Waals surface area (Å²) < 4.78 is 16.7. The van der Waals surface area contributed by atoms with Gasteiger partial charge < -0.3 is 19.2 Å². The monoisotopic (exact) mass is 456 g/mol. The van der Waals surface area contributed by atoms with Crippen molar-refractivity contribution < 1.29 is 18.7 Å². The van der Waals surface area contributed by atoms with Crippen LogP contribution in [0.1, 0.15) is 45.9 Å². The second-order valence-corrected chi connectivity index (χ2v) is 9.07. The average molecular weight is 457 g/mol. The van der Waals surface area contributed by atoms with Crippen LogP contribution in [-0.2, 0) is 22.6 Å². The van der Waals surface area contributed by atoms with E-state index in [1.165, 1.54) is 23.0 Å². The van der Waals surface area contributed by atoms with E-state index in [1.807, 2.05) is 0 Å². The predicted molar refractivity (Wildman–Crippen MR) is 125 cm³/mol. The number of hydrogen-bond donors (Lipinski definition) is 1. The molecule has 0 radical (unpaired) electrons. The molecule has 2 aromatic rings. The quantitative estimate of drug-likeness (QED) is 0.588. The molecule has 8 heteroatoms. The molecule has 0 aliphatic carbocycles. The highest BCUT2D eigenvalue weighted by Gasteiger charge is 2.20. The fourth-order valence-electron chi connectivity index (χ4n) is 4.37. The third kappa shape index (κ3) is 7.11. The van der Waals surface area contributed by atoms with Crippen molar-refractivity contribution in [3.8, 4) is 0 Å². The van der Waals surface area contributed by atoms with E-state index in [4.69, 9.17) is 13.9 Å². The van der Waals surface area contributed by atoms with E-state index >= 15 is 0 Å². The Labute approximate surface area is 196 Å². The number of hydrogen-bond acceptors (Lipinski definition) is 7.